The van der Waals surface area contributed by atoms with Crippen LogP contribution in [0.25, 0.3) is 0 Å². The first-order chi connectivity index (χ1) is 20.2. The van der Waals surface area contributed by atoms with Gasteiger partial charge in [-0.1, -0.05) is 87.4 Å². The molecule has 1 heterocycles. The van der Waals surface area contributed by atoms with Gasteiger partial charge < -0.3 is 9.47 Å². The molecule has 1 aliphatic heterocycles. The standard InChI is InChI=1S/C36H39N2O3/c1-3-5-25-40-34-21-17-29(18-22-34)36(30-19-23-35(24-20-30)41-26-6-4-2)31(28-39)27-38(37-36,32-13-9-7-10-14-32)33-15-11-8-12-16-33/h7-24,27-28,37H,3-6,25-26H2,1-2H3/q+1. The molecule has 4 aromatic rings. The third-order valence-electron chi connectivity index (χ3n) is 7.67. The van der Waals surface area contributed by atoms with Crippen molar-refractivity contribution in [3.05, 3.63) is 132 Å². The molecule has 5 nitrogen and oxygen atoms in total. The number of unbranched alkanes of at least 4 members (excludes halogenated alkanes) is 2. The molecule has 0 atom stereocenters. The Hall–Kier alpha value is -4.19. The minimum atomic E-state index is -0.933. The summed E-state index contributed by atoms with van der Waals surface area (Å²) in [5, 5.41) is 0. The Balaban J connectivity index is 1.66. The van der Waals surface area contributed by atoms with Crippen molar-refractivity contribution in [2.75, 3.05) is 13.2 Å². The molecule has 5 rings (SSSR count). The van der Waals surface area contributed by atoms with Gasteiger partial charge in [-0.15, -0.1) is 5.43 Å². The first-order valence-electron chi connectivity index (χ1n) is 14.6. The SMILES string of the molecule is CCCCOc1ccc(C2(c3ccc(OCCCC)cc3)N[N+](c3ccccc3)(c3ccccc3)C=C2C=O)cc1. The van der Waals surface area contributed by atoms with Crippen LogP contribution in [0.1, 0.15) is 50.7 Å². The van der Waals surface area contributed by atoms with Crippen LogP contribution in [-0.2, 0) is 10.3 Å². The highest BCUT2D eigenvalue weighted by Crippen LogP contribution is 2.48. The maximum absolute atomic E-state index is 13.0. The molecule has 0 saturated heterocycles. The fourth-order valence-corrected chi connectivity index (χ4v) is 5.44. The Morgan fingerprint density at radius 2 is 1.10 bits per heavy atom. The van der Waals surface area contributed by atoms with Crippen molar-refractivity contribution in [1.82, 2.24) is 10.0 Å². The van der Waals surface area contributed by atoms with Crippen LogP contribution in [0.5, 0.6) is 11.5 Å². The number of aldehydes is 1. The Labute approximate surface area is 243 Å². The third-order valence-corrected chi connectivity index (χ3v) is 7.67. The summed E-state index contributed by atoms with van der Waals surface area (Å²) >= 11 is 0. The van der Waals surface area contributed by atoms with Crippen molar-refractivity contribution in [2.45, 2.75) is 45.1 Å². The van der Waals surface area contributed by atoms with Gasteiger partial charge in [-0.05, 0) is 48.2 Å². The van der Waals surface area contributed by atoms with Crippen molar-refractivity contribution < 1.29 is 14.3 Å². The first-order valence-corrected chi connectivity index (χ1v) is 14.6. The molecule has 0 amide bonds. The molecule has 0 spiro atoms. The molecule has 41 heavy (non-hydrogen) atoms. The third kappa shape index (κ3) is 5.69. The highest BCUT2D eigenvalue weighted by Gasteiger charge is 2.54. The van der Waals surface area contributed by atoms with E-state index in [1.807, 2.05) is 66.9 Å². The van der Waals surface area contributed by atoms with Crippen LogP contribution in [0, 0.1) is 0 Å². The average Bonchev–Trinajstić information content (AvgIpc) is 3.40. The van der Waals surface area contributed by atoms with Crippen molar-refractivity contribution >= 4 is 17.7 Å². The van der Waals surface area contributed by atoms with Crippen LogP contribution < -0.4 is 19.5 Å². The summed E-state index contributed by atoms with van der Waals surface area (Å²) in [5.41, 5.74) is 7.55. The number of carbonyl (C=O) groups excluding carboxylic acids is 1. The van der Waals surface area contributed by atoms with Gasteiger partial charge in [-0.3, -0.25) is 4.79 Å². The topological polar surface area (TPSA) is 47.6 Å². The van der Waals surface area contributed by atoms with Gasteiger partial charge in [0.2, 0.25) is 0 Å². The summed E-state index contributed by atoms with van der Waals surface area (Å²) in [6.07, 6.45) is 7.19. The van der Waals surface area contributed by atoms with Gasteiger partial charge in [0.15, 0.2) is 23.2 Å². The van der Waals surface area contributed by atoms with Gasteiger partial charge in [0.1, 0.15) is 17.7 Å². The molecule has 0 saturated carbocycles. The Morgan fingerprint density at radius 1 is 0.659 bits per heavy atom. The summed E-state index contributed by atoms with van der Waals surface area (Å²) in [6, 6.07) is 36.7. The van der Waals surface area contributed by atoms with E-state index in [4.69, 9.17) is 9.47 Å². The molecule has 0 radical (unpaired) electrons. The number of rotatable bonds is 13. The summed E-state index contributed by atoms with van der Waals surface area (Å²) < 4.78 is 12.1. The number of carbonyl (C=O) groups is 1. The number of nitrogens with one attached hydrogen (secondary N) is 1. The highest BCUT2D eigenvalue weighted by molar-refractivity contribution is 5.84. The molecular formula is C36H39N2O3+. The van der Waals surface area contributed by atoms with E-state index in [0.717, 1.165) is 66.0 Å². The second kappa shape index (κ2) is 13.0. The molecule has 1 aliphatic rings. The lowest BCUT2D eigenvalue weighted by atomic mass is 9.78. The van der Waals surface area contributed by atoms with Crippen LogP contribution in [0.3, 0.4) is 0 Å². The monoisotopic (exact) mass is 547 g/mol. The molecular weight excluding hydrogens is 508 g/mol. The van der Waals surface area contributed by atoms with Gasteiger partial charge >= 0.3 is 0 Å². The van der Waals surface area contributed by atoms with Crippen LogP contribution in [0.15, 0.2) is 121 Å². The van der Waals surface area contributed by atoms with Crippen LogP contribution >= 0.6 is 0 Å². The Bertz CT molecular complexity index is 1340. The zero-order chi connectivity index (χ0) is 28.5. The maximum atomic E-state index is 13.0. The van der Waals surface area contributed by atoms with Crippen molar-refractivity contribution in [2.24, 2.45) is 0 Å². The number of hydrogen-bond donors (Lipinski definition) is 1. The number of hydrogen-bond acceptors (Lipinski definition) is 4. The van der Waals surface area contributed by atoms with Gasteiger partial charge in [0.25, 0.3) is 0 Å². The molecule has 4 aromatic carbocycles. The zero-order valence-corrected chi connectivity index (χ0v) is 24.0. The van der Waals surface area contributed by atoms with Gasteiger partial charge in [0.05, 0.1) is 18.8 Å². The zero-order valence-electron chi connectivity index (χ0n) is 24.0. The molecule has 0 bridgehead atoms. The molecule has 0 aliphatic carbocycles. The Kier molecular flexibility index (Phi) is 8.98. The normalized spacial score (nSPS) is 15.2. The number of benzene rings is 4. The maximum Gasteiger partial charge on any atom is 0.162 e. The van der Waals surface area contributed by atoms with E-state index >= 15 is 0 Å². The molecule has 210 valence electrons. The first kappa shape index (κ1) is 28.3. The van der Waals surface area contributed by atoms with Crippen molar-refractivity contribution in [3.63, 3.8) is 0 Å². The number of ether oxygens (including phenoxy) is 2. The fourth-order valence-electron chi connectivity index (χ4n) is 5.44. The predicted molar refractivity (Wildman–Crippen MR) is 166 cm³/mol. The van der Waals surface area contributed by atoms with Gasteiger partial charge in [0, 0.05) is 24.3 Å². The van der Waals surface area contributed by atoms with E-state index < -0.39 is 5.54 Å². The molecule has 0 aromatic heterocycles. The number of nitrogens with zero attached hydrogens (tertiary/aromatic N) is 1. The van der Waals surface area contributed by atoms with E-state index in [1.165, 1.54) is 0 Å². The summed E-state index contributed by atoms with van der Waals surface area (Å²) in [6.45, 7) is 5.67. The van der Waals surface area contributed by atoms with E-state index in [9.17, 15) is 4.79 Å². The molecule has 0 unspecified atom stereocenters. The largest absolute Gasteiger partial charge is 0.494 e. The van der Waals surface area contributed by atoms with Crippen molar-refractivity contribution in [1.29, 1.82) is 0 Å². The highest BCUT2D eigenvalue weighted by atomic mass is 16.5. The lowest BCUT2D eigenvalue weighted by Crippen LogP contribution is -2.56. The quantitative estimate of drug-likeness (QED) is 0.104. The predicted octanol–water partition coefficient (Wildman–Crippen LogP) is 8.23. The van der Waals surface area contributed by atoms with Crippen molar-refractivity contribution in [3.8, 4) is 11.5 Å². The number of para-hydroxylation sites is 2. The molecule has 1 N–H and O–H groups in total. The minimum absolute atomic E-state index is 0.180. The van der Waals surface area contributed by atoms with Crippen LogP contribution in [0.4, 0.5) is 11.4 Å². The Morgan fingerprint density at radius 3 is 1.49 bits per heavy atom. The molecule has 5 heteroatoms. The van der Waals surface area contributed by atoms with Crippen LogP contribution in [-0.4, -0.2) is 19.5 Å². The lowest BCUT2D eigenvalue weighted by molar-refractivity contribution is -0.105. The molecule has 0 fully saturated rings. The summed E-state index contributed by atoms with van der Waals surface area (Å²) in [4.78, 5) is 13.0. The van der Waals surface area contributed by atoms with Crippen LogP contribution in [0.2, 0.25) is 0 Å². The fraction of sp³-hybridized carbons (Fsp3) is 0.250. The van der Waals surface area contributed by atoms with Gasteiger partial charge in [-0.25, -0.2) is 0 Å². The number of quaternary nitrogens is 1. The lowest BCUT2D eigenvalue weighted by Gasteiger charge is -2.37. The minimum Gasteiger partial charge on any atom is -0.494 e. The van der Waals surface area contributed by atoms with E-state index in [1.54, 1.807) is 0 Å². The summed E-state index contributed by atoms with van der Waals surface area (Å²) in [7, 11) is 0. The van der Waals surface area contributed by atoms with Gasteiger partial charge in [-0.2, -0.15) is 4.59 Å². The average molecular weight is 548 g/mol. The smallest absolute Gasteiger partial charge is 0.162 e. The van der Waals surface area contributed by atoms with E-state index in [2.05, 4.69) is 67.8 Å². The van der Waals surface area contributed by atoms with E-state index in [0.29, 0.717) is 18.8 Å². The second-order valence-corrected chi connectivity index (χ2v) is 10.4. The summed E-state index contributed by atoms with van der Waals surface area (Å²) in [5.74, 6) is 1.64. The van der Waals surface area contributed by atoms with E-state index in [-0.39, 0.29) is 4.59 Å². The second-order valence-electron chi connectivity index (χ2n) is 10.4.